The van der Waals surface area contributed by atoms with Crippen molar-refractivity contribution in [2.75, 3.05) is 6.61 Å². The molecule has 0 saturated carbocycles. The van der Waals surface area contributed by atoms with E-state index in [9.17, 15) is 4.79 Å². The molecule has 1 unspecified atom stereocenters. The minimum Gasteiger partial charge on any atom is -0.485 e. The van der Waals surface area contributed by atoms with E-state index in [0.29, 0.717) is 11.5 Å². The zero-order valence-corrected chi connectivity index (χ0v) is 15.8. The Balaban J connectivity index is 1.44. The summed E-state index contributed by atoms with van der Waals surface area (Å²) < 4.78 is 13.4. The van der Waals surface area contributed by atoms with E-state index in [0.717, 1.165) is 22.6 Å². The molecule has 0 spiro atoms. The topological polar surface area (TPSA) is 64.8 Å². The quantitative estimate of drug-likeness (QED) is 0.562. The van der Waals surface area contributed by atoms with E-state index in [1.807, 2.05) is 56.3 Å². The normalized spacial score (nSPS) is 15.6. The molecule has 4 rings (SSSR count). The van der Waals surface area contributed by atoms with Crippen molar-refractivity contribution in [1.82, 2.24) is 9.99 Å². The molecule has 6 heteroatoms. The largest absolute Gasteiger partial charge is 0.485 e. The van der Waals surface area contributed by atoms with Crippen molar-refractivity contribution in [1.29, 1.82) is 0 Å². The zero-order valence-electron chi connectivity index (χ0n) is 15.8. The molecule has 1 aliphatic rings. The summed E-state index contributed by atoms with van der Waals surface area (Å²) in [5.41, 5.74) is 6.72. The number of rotatable bonds is 4. The van der Waals surface area contributed by atoms with Crippen LogP contribution in [-0.4, -0.2) is 29.4 Å². The lowest BCUT2D eigenvalue weighted by atomic mass is 10.2. The summed E-state index contributed by atoms with van der Waals surface area (Å²) in [6.45, 7) is 4.22. The third kappa shape index (κ3) is 3.49. The van der Waals surface area contributed by atoms with Crippen molar-refractivity contribution in [3.8, 4) is 17.2 Å². The average molecular weight is 375 g/mol. The minimum absolute atomic E-state index is 0.154. The number of hydrogen-bond donors (Lipinski definition) is 1. The fourth-order valence-electron chi connectivity index (χ4n) is 3.28. The molecule has 1 aliphatic heterocycles. The fraction of sp³-hybridized carbons (Fsp3) is 0.182. The van der Waals surface area contributed by atoms with Crippen LogP contribution in [0.2, 0.25) is 0 Å². The molecule has 0 radical (unpaired) electrons. The Kier molecular flexibility index (Phi) is 4.85. The van der Waals surface area contributed by atoms with Crippen LogP contribution in [0.3, 0.4) is 0 Å². The van der Waals surface area contributed by atoms with Crippen molar-refractivity contribution in [3.05, 3.63) is 77.6 Å². The lowest BCUT2D eigenvalue weighted by Crippen LogP contribution is -2.42. The first-order chi connectivity index (χ1) is 13.6. The summed E-state index contributed by atoms with van der Waals surface area (Å²) in [5, 5.41) is 4.11. The standard InChI is InChI=1S/C22H21N3O3/c1-15-12-17(16(2)25(15)18-8-4-3-5-9-18)13-23-24-22(26)21-14-27-19-10-6-7-11-20(19)28-21/h3-13,21H,14H2,1-2H3,(H,24,26)/b23-13+. The van der Waals surface area contributed by atoms with E-state index in [1.54, 1.807) is 12.3 Å². The molecular weight excluding hydrogens is 354 g/mol. The lowest BCUT2D eigenvalue weighted by Gasteiger charge is -2.24. The number of benzene rings is 2. The van der Waals surface area contributed by atoms with Crippen molar-refractivity contribution in [2.45, 2.75) is 20.0 Å². The van der Waals surface area contributed by atoms with E-state index in [2.05, 4.69) is 27.2 Å². The number of carbonyl (C=O) groups is 1. The number of aryl methyl sites for hydroxylation is 1. The molecule has 0 aliphatic carbocycles. The van der Waals surface area contributed by atoms with Crippen LogP contribution in [0.1, 0.15) is 17.0 Å². The monoisotopic (exact) mass is 375 g/mol. The zero-order chi connectivity index (χ0) is 19.5. The Bertz CT molecular complexity index is 1020. The molecular formula is C22H21N3O3. The molecule has 0 saturated heterocycles. The number of nitrogens with one attached hydrogen (secondary N) is 1. The molecule has 2 heterocycles. The van der Waals surface area contributed by atoms with Gasteiger partial charge in [-0.15, -0.1) is 0 Å². The summed E-state index contributed by atoms with van der Waals surface area (Å²) in [4.78, 5) is 12.3. The highest BCUT2D eigenvalue weighted by molar-refractivity contribution is 5.86. The van der Waals surface area contributed by atoms with Crippen LogP contribution in [0.4, 0.5) is 0 Å². The van der Waals surface area contributed by atoms with E-state index in [4.69, 9.17) is 9.47 Å². The third-order valence-electron chi connectivity index (χ3n) is 4.66. The molecule has 6 nitrogen and oxygen atoms in total. The van der Waals surface area contributed by atoms with Gasteiger partial charge in [-0.3, -0.25) is 4.79 Å². The molecule has 3 aromatic rings. The highest BCUT2D eigenvalue weighted by atomic mass is 16.6. The smallest absolute Gasteiger partial charge is 0.284 e. The second-order valence-corrected chi connectivity index (χ2v) is 6.60. The maximum absolute atomic E-state index is 12.3. The van der Waals surface area contributed by atoms with Crippen molar-refractivity contribution < 1.29 is 14.3 Å². The summed E-state index contributed by atoms with van der Waals surface area (Å²) in [6, 6.07) is 19.4. The van der Waals surface area contributed by atoms with Crippen LogP contribution in [-0.2, 0) is 4.79 Å². The first-order valence-electron chi connectivity index (χ1n) is 9.09. The summed E-state index contributed by atoms with van der Waals surface area (Å²) in [5.74, 6) is 0.857. The van der Waals surface area contributed by atoms with E-state index in [-0.39, 0.29) is 12.5 Å². The number of aromatic nitrogens is 1. The lowest BCUT2D eigenvalue weighted by molar-refractivity contribution is -0.130. The summed E-state index contributed by atoms with van der Waals surface area (Å²) in [7, 11) is 0. The predicted octanol–water partition coefficient (Wildman–Crippen LogP) is 3.38. The van der Waals surface area contributed by atoms with Gasteiger partial charge in [-0.1, -0.05) is 30.3 Å². The molecule has 142 valence electrons. The predicted molar refractivity (Wildman–Crippen MR) is 107 cm³/mol. The maximum atomic E-state index is 12.3. The van der Waals surface area contributed by atoms with Crippen LogP contribution in [0, 0.1) is 13.8 Å². The van der Waals surface area contributed by atoms with Crippen molar-refractivity contribution in [3.63, 3.8) is 0 Å². The average Bonchev–Trinajstić information content (AvgIpc) is 3.01. The highest BCUT2D eigenvalue weighted by Crippen LogP contribution is 2.30. The summed E-state index contributed by atoms with van der Waals surface area (Å²) >= 11 is 0. The fourth-order valence-corrected chi connectivity index (χ4v) is 3.28. The van der Waals surface area contributed by atoms with E-state index in [1.165, 1.54) is 0 Å². The molecule has 0 fully saturated rings. The van der Waals surface area contributed by atoms with E-state index < -0.39 is 6.10 Å². The second-order valence-electron chi connectivity index (χ2n) is 6.60. The Morgan fingerprint density at radius 1 is 1.11 bits per heavy atom. The molecule has 1 atom stereocenters. The van der Waals surface area contributed by atoms with Crippen molar-refractivity contribution in [2.24, 2.45) is 5.10 Å². The Hall–Kier alpha value is -3.54. The number of amides is 1. The van der Waals surface area contributed by atoms with Crippen molar-refractivity contribution >= 4 is 12.1 Å². The van der Waals surface area contributed by atoms with Gasteiger partial charge < -0.3 is 14.0 Å². The number of carbonyl (C=O) groups excluding carboxylic acids is 1. The Morgan fingerprint density at radius 2 is 1.82 bits per heavy atom. The third-order valence-corrected chi connectivity index (χ3v) is 4.66. The molecule has 2 aromatic carbocycles. The van der Waals surface area contributed by atoms with Gasteiger partial charge in [-0.25, -0.2) is 5.43 Å². The van der Waals surface area contributed by atoms with Crippen LogP contribution < -0.4 is 14.9 Å². The van der Waals surface area contributed by atoms with Gasteiger partial charge in [0.15, 0.2) is 11.5 Å². The van der Waals surface area contributed by atoms with Gasteiger partial charge in [0.05, 0.1) is 6.21 Å². The number of fused-ring (bicyclic) bond motifs is 1. The molecule has 28 heavy (non-hydrogen) atoms. The second kappa shape index (κ2) is 7.60. The van der Waals surface area contributed by atoms with Crippen LogP contribution in [0.5, 0.6) is 11.5 Å². The van der Waals surface area contributed by atoms with Gasteiger partial charge >= 0.3 is 0 Å². The maximum Gasteiger partial charge on any atom is 0.284 e. The first-order valence-corrected chi connectivity index (χ1v) is 9.09. The number of hydrazone groups is 1. The number of para-hydroxylation sites is 3. The van der Waals surface area contributed by atoms with Gasteiger partial charge in [0.25, 0.3) is 5.91 Å². The number of ether oxygens (including phenoxy) is 2. The Labute approximate surface area is 163 Å². The molecule has 1 aromatic heterocycles. The highest BCUT2D eigenvalue weighted by Gasteiger charge is 2.27. The van der Waals surface area contributed by atoms with Crippen LogP contribution >= 0.6 is 0 Å². The SMILES string of the molecule is Cc1cc(/C=N/NC(=O)C2COc3ccccc3O2)c(C)n1-c1ccccc1. The van der Waals surface area contributed by atoms with Gasteiger partial charge in [0.1, 0.15) is 6.61 Å². The van der Waals surface area contributed by atoms with Gasteiger partial charge in [-0.05, 0) is 44.2 Å². The minimum atomic E-state index is -0.733. The van der Waals surface area contributed by atoms with Gasteiger partial charge in [-0.2, -0.15) is 5.10 Å². The van der Waals surface area contributed by atoms with Crippen LogP contribution in [0.25, 0.3) is 5.69 Å². The Morgan fingerprint density at radius 3 is 2.61 bits per heavy atom. The number of nitrogens with zero attached hydrogens (tertiary/aromatic N) is 2. The van der Waals surface area contributed by atoms with E-state index >= 15 is 0 Å². The van der Waals surface area contributed by atoms with Crippen LogP contribution in [0.15, 0.2) is 65.8 Å². The molecule has 0 bridgehead atoms. The van der Waals surface area contributed by atoms with Gasteiger partial charge in [0, 0.05) is 22.6 Å². The molecule has 1 N–H and O–H groups in total. The van der Waals surface area contributed by atoms with Gasteiger partial charge in [0.2, 0.25) is 6.10 Å². The number of hydrogen-bond acceptors (Lipinski definition) is 4. The first kappa shape index (κ1) is 17.9. The summed E-state index contributed by atoms with van der Waals surface area (Å²) in [6.07, 6.45) is 0.918. The molecule has 1 amide bonds.